The minimum Gasteiger partial charge on any atom is -0.299 e. The van der Waals surface area contributed by atoms with Crippen LogP contribution < -0.4 is 0 Å². The fourth-order valence-corrected chi connectivity index (χ4v) is 1.00. The van der Waals surface area contributed by atoms with E-state index < -0.39 is 6.43 Å². The molecule has 1 rings (SSSR count). The number of carbonyl (C=O) groups is 1. The van der Waals surface area contributed by atoms with Crippen molar-refractivity contribution >= 4 is 12.4 Å². The zero-order valence-electron chi connectivity index (χ0n) is 6.78. The SMILES string of the molecule is O=CC=Cc1ccccc1C(F)F. The molecule has 0 amide bonds. The van der Waals surface area contributed by atoms with Gasteiger partial charge in [-0.2, -0.15) is 0 Å². The van der Waals surface area contributed by atoms with Gasteiger partial charge in [0.05, 0.1) is 0 Å². The number of allylic oxidation sites excluding steroid dienone is 1. The van der Waals surface area contributed by atoms with E-state index >= 15 is 0 Å². The Balaban J connectivity index is 3.04. The van der Waals surface area contributed by atoms with E-state index in [-0.39, 0.29) is 5.56 Å². The second-order valence-corrected chi connectivity index (χ2v) is 2.42. The normalized spacial score (nSPS) is 11.0. The summed E-state index contributed by atoms with van der Waals surface area (Å²) in [6.07, 6.45) is 0.616. The third-order valence-corrected chi connectivity index (χ3v) is 1.59. The average Bonchev–Trinajstić information content (AvgIpc) is 2.15. The molecule has 1 aromatic carbocycles. The monoisotopic (exact) mass is 182 g/mol. The summed E-state index contributed by atoms with van der Waals surface area (Å²) in [6.45, 7) is 0. The number of hydrogen-bond acceptors (Lipinski definition) is 1. The molecule has 3 heteroatoms. The molecule has 0 saturated carbocycles. The van der Waals surface area contributed by atoms with Gasteiger partial charge < -0.3 is 0 Å². The van der Waals surface area contributed by atoms with Crippen LogP contribution >= 0.6 is 0 Å². The van der Waals surface area contributed by atoms with Gasteiger partial charge in [-0.15, -0.1) is 0 Å². The number of aldehydes is 1. The summed E-state index contributed by atoms with van der Waals surface area (Å²) in [4.78, 5) is 9.99. The highest BCUT2D eigenvalue weighted by atomic mass is 19.3. The van der Waals surface area contributed by atoms with Crippen molar-refractivity contribution in [3.05, 3.63) is 41.5 Å². The predicted octanol–water partition coefficient (Wildman–Crippen LogP) is 2.84. The molecule has 0 atom stereocenters. The second kappa shape index (κ2) is 4.50. The van der Waals surface area contributed by atoms with Gasteiger partial charge in [0.25, 0.3) is 6.43 Å². The number of rotatable bonds is 3. The highest BCUT2D eigenvalue weighted by Crippen LogP contribution is 2.23. The largest absolute Gasteiger partial charge is 0.299 e. The van der Waals surface area contributed by atoms with Crippen molar-refractivity contribution in [2.75, 3.05) is 0 Å². The minimum atomic E-state index is -2.51. The van der Waals surface area contributed by atoms with E-state index in [0.717, 1.165) is 0 Å². The van der Waals surface area contributed by atoms with E-state index in [0.29, 0.717) is 11.8 Å². The van der Waals surface area contributed by atoms with Crippen LogP contribution in [-0.4, -0.2) is 6.29 Å². The Kier molecular flexibility index (Phi) is 3.31. The molecular weight excluding hydrogens is 174 g/mol. The molecule has 0 saturated heterocycles. The zero-order valence-corrected chi connectivity index (χ0v) is 6.78. The molecule has 1 nitrogen and oxygen atoms in total. The third-order valence-electron chi connectivity index (χ3n) is 1.59. The third kappa shape index (κ3) is 2.47. The summed E-state index contributed by atoms with van der Waals surface area (Å²) < 4.78 is 24.7. The maximum Gasteiger partial charge on any atom is 0.264 e. The van der Waals surface area contributed by atoms with Crippen LogP contribution in [0.4, 0.5) is 8.78 Å². The van der Waals surface area contributed by atoms with E-state index in [1.165, 1.54) is 18.2 Å². The van der Waals surface area contributed by atoms with Crippen LogP contribution in [0.5, 0.6) is 0 Å². The number of alkyl halides is 2. The van der Waals surface area contributed by atoms with Crippen molar-refractivity contribution < 1.29 is 13.6 Å². The molecule has 0 aliphatic heterocycles. The minimum absolute atomic E-state index is 0.0550. The van der Waals surface area contributed by atoms with Crippen molar-refractivity contribution in [2.24, 2.45) is 0 Å². The molecule has 0 heterocycles. The van der Waals surface area contributed by atoms with E-state index in [1.807, 2.05) is 0 Å². The molecule has 0 aliphatic carbocycles. The van der Waals surface area contributed by atoms with Gasteiger partial charge in [-0.25, -0.2) is 8.78 Å². The van der Waals surface area contributed by atoms with Gasteiger partial charge in [-0.1, -0.05) is 30.3 Å². The first-order valence-corrected chi connectivity index (χ1v) is 3.74. The van der Waals surface area contributed by atoms with Gasteiger partial charge in [0.1, 0.15) is 6.29 Å². The Hall–Kier alpha value is -1.51. The summed E-state index contributed by atoms with van der Waals surface area (Å²) in [5.74, 6) is 0. The standard InChI is InChI=1S/C10H8F2O/c11-10(12)9-6-2-1-4-8(9)5-3-7-13/h1-7,10H. The van der Waals surface area contributed by atoms with Gasteiger partial charge in [-0.3, -0.25) is 4.79 Å². The summed E-state index contributed by atoms with van der Waals surface area (Å²) in [6, 6.07) is 6.08. The lowest BCUT2D eigenvalue weighted by molar-refractivity contribution is -0.104. The second-order valence-electron chi connectivity index (χ2n) is 2.42. The first kappa shape index (κ1) is 9.58. The van der Waals surface area contributed by atoms with Crippen LogP contribution in [0.15, 0.2) is 30.3 Å². The fourth-order valence-electron chi connectivity index (χ4n) is 1.00. The maximum atomic E-state index is 12.3. The molecule has 0 aromatic heterocycles. The number of benzene rings is 1. The molecule has 13 heavy (non-hydrogen) atoms. The summed E-state index contributed by atoms with van der Waals surface area (Å²) >= 11 is 0. The Morgan fingerprint density at radius 1 is 1.23 bits per heavy atom. The lowest BCUT2D eigenvalue weighted by Crippen LogP contribution is -1.87. The first-order valence-electron chi connectivity index (χ1n) is 3.74. The first-order chi connectivity index (χ1) is 6.25. The quantitative estimate of drug-likeness (QED) is 0.519. The Bertz CT molecular complexity index is 318. The Labute approximate surface area is 74.7 Å². The van der Waals surface area contributed by atoms with Crippen molar-refractivity contribution in [3.63, 3.8) is 0 Å². The highest BCUT2D eigenvalue weighted by Gasteiger charge is 2.09. The average molecular weight is 182 g/mol. The highest BCUT2D eigenvalue weighted by molar-refractivity contribution is 5.74. The number of halogens is 2. The van der Waals surface area contributed by atoms with Crippen molar-refractivity contribution in [1.82, 2.24) is 0 Å². The molecule has 0 N–H and O–H groups in total. The van der Waals surface area contributed by atoms with Crippen LogP contribution in [0.25, 0.3) is 6.08 Å². The van der Waals surface area contributed by atoms with E-state index in [9.17, 15) is 13.6 Å². The van der Waals surface area contributed by atoms with Crippen LogP contribution in [0.3, 0.4) is 0 Å². The number of carbonyl (C=O) groups excluding carboxylic acids is 1. The van der Waals surface area contributed by atoms with Crippen molar-refractivity contribution in [1.29, 1.82) is 0 Å². The van der Waals surface area contributed by atoms with Gasteiger partial charge in [0, 0.05) is 5.56 Å². The van der Waals surface area contributed by atoms with Crippen LogP contribution in [0.1, 0.15) is 17.6 Å². The Morgan fingerprint density at radius 2 is 1.92 bits per heavy atom. The molecule has 0 unspecified atom stereocenters. The fraction of sp³-hybridized carbons (Fsp3) is 0.100. The van der Waals surface area contributed by atoms with Crippen molar-refractivity contribution in [2.45, 2.75) is 6.43 Å². The lowest BCUT2D eigenvalue weighted by Gasteiger charge is -2.02. The molecule has 0 radical (unpaired) electrons. The Morgan fingerprint density at radius 3 is 2.54 bits per heavy atom. The van der Waals surface area contributed by atoms with E-state index in [4.69, 9.17) is 0 Å². The van der Waals surface area contributed by atoms with Gasteiger partial charge in [0.2, 0.25) is 0 Å². The number of hydrogen-bond donors (Lipinski definition) is 0. The smallest absolute Gasteiger partial charge is 0.264 e. The van der Waals surface area contributed by atoms with Gasteiger partial charge in [0.15, 0.2) is 0 Å². The lowest BCUT2D eigenvalue weighted by atomic mass is 10.1. The topological polar surface area (TPSA) is 17.1 Å². The molecule has 0 aliphatic rings. The summed E-state index contributed by atoms with van der Waals surface area (Å²) in [5.41, 5.74) is 0.324. The zero-order chi connectivity index (χ0) is 9.68. The van der Waals surface area contributed by atoms with E-state index in [2.05, 4.69) is 0 Å². The van der Waals surface area contributed by atoms with Gasteiger partial charge in [-0.05, 0) is 11.6 Å². The molecule has 0 fully saturated rings. The molecular formula is C10H8F2O. The molecule has 0 bridgehead atoms. The molecule has 0 spiro atoms. The van der Waals surface area contributed by atoms with E-state index in [1.54, 1.807) is 18.2 Å². The van der Waals surface area contributed by atoms with Crippen LogP contribution in [0, 0.1) is 0 Å². The summed E-state index contributed by atoms with van der Waals surface area (Å²) in [5, 5.41) is 0. The van der Waals surface area contributed by atoms with Crippen molar-refractivity contribution in [3.8, 4) is 0 Å². The molecule has 1 aromatic rings. The van der Waals surface area contributed by atoms with Gasteiger partial charge >= 0.3 is 0 Å². The van der Waals surface area contributed by atoms with Crippen LogP contribution in [-0.2, 0) is 4.79 Å². The predicted molar refractivity (Wildman–Crippen MR) is 46.5 cm³/mol. The maximum absolute atomic E-state index is 12.3. The molecule has 68 valence electrons. The van der Waals surface area contributed by atoms with Crippen LogP contribution in [0.2, 0.25) is 0 Å². The summed E-state index contributed by atoms with van der Waals surface area (Å²) in [7, 11) is 0.